The monoisotopic (exact) mass is 430 g/mol. The number of para-hydroxylation sites is 2. The molecule has 160 valence electrons. The van der Waals surface area contributed by atoms with Gasteiger partial charge in [0, 0.05) is 43.4 Å². The van der Waals surface area contributed by atoms with E-state index in [4.69, 9.17) is 16.3 Å². The molecule has 0 radical (unpaired) electrons. The number of carbonyl (C=O) groups is 2. The molecule has 2 aromatic carbocycles. The Bertz CT molecular complexity index is 869. The first-order chi connectivity index (χ1) is 14.6. The van der Waals surface area contributed by atoms with E-state index in [9.17, 15) is 9.59 Å². The Morgan fingerprint density at radius 1 is 1.03 bits per heavy atom. The Morgan fingerprint density at radius 2 is 1.80 bits per heavy atom. The summed E-state index contributed by atoms with van der Waals surface area (Å²) in [5, 5.41) is 5.71. The molecule has 0 spiro atoms. The Hall–Kier alpha value is -2.77. The van der Waals surface area contributed by atoms with Gasteiger partial charge in [0.1, 0.15) is 5.75 Å². The highest BCUT2D eigenvalue weighted by Crippen LogP contribution is 2.28. The van der Waals surface area contributed by atoms with Crippen molar-refractivity contribution in [1.29, 1.82) is 0 Å². The molecule has 1 saturated heterocycles. The van der Waals surface area contributed by atoms with Gasteiger partial charge in [-0.2, -0.15) is 0 Å². The SMILES string of the molecule is COc1ccccc1N1CCN(CCCNC(=O)C(=O)Nc2cccc(Cl)c2)CC1. The minimum absolute atomic E-state index is 0.453. The molecule has 2 aromatic rings. The van der Waals surface area contributed by atoms with Gasteiger partial charge in [0.15, 0.2) is 0 Å². The number of ether oxygens (including phenoxy) is 1. The quantitative estimate of drug-likeness (QED) is 0.521. The van der Waals surface area contributed by atoms with Gasteiger partial charge in [-0.3, -0.25) is 14.5 Å². The van der Waals surface area contributed by atoms with E-state index < -0.39 is 11.8 Å². The third-order valence-electron chi connectivity index (χ3n) is 5.02. The van der Waals surface area contributed by atoms with Gasteiger partial charge in [0.2, 0.25) is 0 Å². The Kier molecular flexibility index (Phi) is 7.93. The van der Waals surface area contributed by atoms with Crippen molar-refractivity contribution < 1.29 is 14.3 Å². The van der Waals surface area contributed by atoms with E-state index in [1.165, 1.54) is 0 Å². The number of halogens is 1. The van der Waals surface area contributed by atoms with Crippen LogP contribution in [0.2, 0.25) is 5.02 Å². The first kappa shape index (κ1) is 21.9. The predicted molar refractivity (Wildman–Crippen MR) is 119 cm³/mol. The molecule has 0 atom stereocenters. The fourth-order valence-electron chi connectivity index (χ4n) is 3.44. The van der Waals surface area contributed by atoms with E-state index in [2.05, 4.69) is 26.5 Å². The van der Waals surface area contributed by atoms with Crippen molar-refractivity contribution in [3.05, 3.63) is 53.6 Å². The van der Waals surface area contributed by atoms with E-state index in [1.807, 2.05) is 18.2 Å². The molecule has 1 heterocycles. The topological polar surface area (TPSA) is 73.9 Å². The summed E-state index contributed by atoms with van der Waals surface area (Å²) >= 11 is 5.88. The molecule has 1 aliphatic heterocycles. The smallest absolute Gasteiger partial charge is 0.313 e. The van der Waals surface area contributed by atoms with Crippen LogP contribution in [0.4, 0.5) is 11.4 Å². The average Bonchev–Trinajstić information content (AvgIpc) is 2.77. The summed E-state index contributed by atoms with van der Waals surface area (Å²) in [4.78, 5) is 28.6. The summed E-state index contributed by atoms with van der Waals surface area (Å²) in [5.74, 6) is -0.441. The number of methoxy groups -OCH3 is 1. The number of rotatable bonds is 7. The number of nitrogens with zero attached hydrogens (tertiary/aromatic N) is 2. The zero-order valence-corrected chi connectivity index (χ0v) is 17.8. The molecule has 0 unspecified atom stereocenters. The summed E-state index contributed by atoms with van der Waals surface area (Å²) in [6.07, 6.45) is 0.783. The number of carbonyl (C=O) groups excluding carboxylic acids is 2. The first-order valence-corrected chi connectivity index (χ1v) is 10.4. The third-order valence-corrected chi connectivity index (χ3v) is 5.26. The maximum absolute atomic E-state index is 12.0. The highest BCUT2D eigenvalue weighted by atomic mass is 35.5. The predicted octanol–water partition coefficient (Wildman–Crippen LogP) is 2.62. The van der Waals surface area contributed by atoms with Crippen LogP contribution in [0, 0.1) is 0 Å². The highest BCUT2D eigenvalue weighted by Gasteiger charge is 2.19. The van der Waals surface area contributed by atoms with Gasteiger partial charge in [-0.15, -0.1) is 0 Å². The molecule has 1 aliphatic rings. The lowest BCUT2D eigenvalue weighted by Crippen LogP contribution is -2.47. The molecule has 8 heteroatoms. The van der Waals surface area contributed by atoms with Gasteiger partial charge in [-0.05, 0) is 43.3 Å². The van der Waals surface area contributed by atoms with Crippen molar-refractivity contribution in [2.75, 3.05) is 56.6 Å². The maximum atomic E-state index is 12.0. The standard InChI is InChI=1S/C22H27ClN4O3/c1-30-20-9-3-2-8-19(20)27-14-12-26(13-15-27)11-5-10-24-21(28)22(29)25-18-7-4-6-17(23)16-18/h2-4,6-9,16H,5,10-15H2,1H3,(H,24,28)(H,25,29). The van der Waals surface area contributed by atoms with Crippen LogP contribution >= 0.6 is 11.6 Å². The summed E-state index contributed by atoms with van der Waals surface area (Å²) in [5.41, 5.74) is 1.62. The first-order valence-electron chi connectivity index (χ1n) is 10.0. The average molecular weight is 431 g/mol. The summed E-state index contributed by atoms with van der Waals surface area (Å²) in [7, 11) is 1.69. The third kappa shape index (κ3) is 6.11. The minimum atomic E-state index is -0.692. The van der Waals surface area contributed by atoms with Crippen molar-refractivity contribution in [3.8, 4) is 5.75 Å². The fraction of sp³-hybridized carbons (Fsp3) is 0.364. The van der Waals surface area contributed by atoms with Gasteiger partial charge in [-0.25, -0.2) is 0 Å². The van der Waals surface area contributed by atoms with Crippen molar-refractivity contribution in [2.24, 2.45) is 0 Å². The molecule has 1 fully saturated rings. The lowest BCUT2D eigenvalue weighted by Gasteiger charge is -2.36. The maximum Gasteiger partial charge on any atom is 0.313 e. The van der Waals surface area contributed by atoms with Crippen molar-refractivity contribution in [1.82, 2.24) is 10.2 Å². The van der Waals surface area contributed by atoms with Gasteiger partial charge < -0.3 is 20.3 Å². The van der Waals surface area contributed by atoms with Crippen molar-refractivity contribution >= 4 is 34.8 Å². The number of hydrogen-bond donors (Lipinski definition) is 2. The van der Waals surface area contributed by atoms with Crippen LogP contribution in [0.5, 0.6) is 5.75 Å². The van der Waals surface area contributed by atoms with Crippen LogP contribution in [0.25, 0.3) is 0 Å². The molecule has 2 N–H and O–H groups in total. The molecule has 7 nitrogen and oxygen atoms in total. The van der Waals surface area contributed by atoms with Gasteiger partial charge in [-0.1, -0.05) is 29.8 Å². The molecule has 3 rings (SSSR count). The molecular formula is C22H27ClN4O3. The molecule has 0 aliphatic carbocycles. The van der Waals surface area contributed by atoms with Gasteiger partial charge >= 0.3 is 11.8 Å². The number of benzene rings is 2. The molecule has 0 aromatic heterocycles. The summed E-state index contributed by atoms with van der Waals surface area (Å²) in [6.45, 7) is 5.07. The van der Waals surface area contributed by atoms with Crippen LogP contribution in [-0.4, -0.2) is 63.1 Å². The number of amides is 2. The Labute approximate surface area is 181 Å². The van der Waals surface area contributed by atoms with Crippen LogP contribution in [0.1, 0.15) is 6.42 Å². The van der Waals surface area contributed by atoms with Crippen LogP contribution in [0.3, 0.4) is 0 Å². The van der Waals surface area contributed by atoms with Crippen LogP contribution < -0.4 is 20.3 Å². The molecule has 2 amide bonds. The second-order valence-electron chi connectivity index (χ2n) is 7.07. The van der Waals surface area contributed by atoms with Gasteiger partial charge in [0.05, 0.1) is 12.8 Å². The van der Waals surface area contributed by atoms with E-state index >= 15 is 0 Å². The normalized spacial score (nSPS) is 14.3. The van der Waals surface area contributed by atoms with Gasteiger partial charge in [0.25, 0.3) is 0 Å². The van der Waals surface area contributed by atoms with Crippen LogP contribution in [0.15, 0.2) is 48.5 Å². The summed E-state index contributed by atoms with van der Waals surface area (Å²) < 4.78 is 5.46. The largest absolute Gasteiger partial charge is 0.495 e. The molecule has 0 saturated carbocycles. The minimum Gasteiger partial charge on any atom is -0.495 e. The molecular weight excluding hydrogens is 404 g/mol. The van der Waals surface area contributed by atoms with Crippen LogP contribution in [-0.2, 0) is 9.59 Å². The van der Waals surface area contributed by atoms with Crippen molar-refractivity contribution in [3.63, 3.8) is 0 Å². The number of piperazine rings is 1. The Balaban J connectivity index is 1.34. The fourth-order valence-corrected chi connectivity index (χ4v) is 3.63. The van der Waals surface area contributed by atoms with E-state index in [1.54, 1.807) is 31.4 Å². The second-order valence-corrected chi connectivity index (χ2v) is 7.51. The number of anilines is 2. The highest BCUT2D eigenvalue weighted by molar-refractivity contribution is 6.39. The lowest BCUT2D eigenvalue weighted by atomic mass is 10.2. The van der Waals surface area contributed by atoms with E-state index in [0.29, 0.717) is 17.3 Å². The molecule has 0 bridgehead atoms. The van der Waals surface area contributed by atoms with Crippen molar-refractivity contribution in [2.45, 2.75) is 6.42 Å². The number of hydrogen-bond acceptors (Lipinski definition) is 5. The lowest BCUT2D eigenvalue weighted by molar-refractivity contribution is -0.136. The number of nitrogens with one attached hydrogen (secondary N) is 2. The second kappa shape index (κ2) is 10.8. The molecule has 30 heavy (non-hydrogen) atoms. The van der Waals surface area contributed by atoms with E-state index in [-0.39, 0.29) is 0 Å². The zero-order valence-electron chi connectivity index (χ0n) is 17.1. The zero-order chi connectivity index (χ0) is 21.3. The van der Waals surface area contributed by atoms with E-state index in [0.717, 1.165) is 50.6 Å². The Morgan fingerprint density at radius 3 is 2.53 bits per heavy atom. The summed E-state index contributed by atoms with van der Waals surface area (Å²) in [6, 6.07) is 14.7.